The van der Waals surface area contributed by atoms with Gasteiger partial charge in [-0.3, -0.25) is 14.4 Å². The highest BCUT2D eigenvalue weighted by molar-refractivity contribution is 5.71. The summed E-state index contributed by atoms with van der Waals surface area (Å²) in [5.74, 6) is -0.902. The molecule has 0 aliphatic carbocycles. The molecule has 0 aromatic rings. The summed E-state index contributed by atoms with van der Waals surface area (Å²) in [7, 11) is 0. The van der Waals surface area contributed by atoms with E-state index in [0.717, 1.165) is 96.3 Å². The second-order valence-corrected chi connectivity index (χ2v) is 21.0. The molecule has 0 fully saturated rings. The van der Waals surface area contributed by atoms with Gasteiger partial charge in [0.1, 0.15) is 13.2 Å². The zero-order valence-corrected chi connectivity index (χ0v) is 48.4. The largest absolute Gasteiger partial charge is 0.462 e. The predicted octanol–water partition coefficient (Wildman–Crippen LogP) is 21.3. The van der Waals surface area contributed by atoms with Crippen LogP contribution >= 0.6 is 0 Å². The molecule has 0 radical (unpaired) electrons. The standard InChI is InChI=1S/C67H118O6/c1-4-7-10-13-16-19-22-25-28-31-33-34-35-37-39-42-45-48-51-54-57-60-66(69)72-63-64(62-71-65(68)59-56-53-50-47-44-41-38-30-27-24-21-18-15-12-9-6-3)73-67(70)61-58-55-52-49-46-43-40-36-32-29-26-23-20-17-14-11-8-5-2/h20,22-23,25,29-33,35,37-38,64H,4-19,21,24,26-28,34,36,39-63H2,1-3H3/b23-20-,25-22-,32-29-,33-31-,37-35-,38-30-. The van der Waals surface area contributed by atoms with Gasteiger partial charge in [-0.2, -0.15) is 0 Å². The molecular weight excluding hydrogens is 901 g/mol. The number of carbonyl (C=O) groups is 3. The van der Waals surface area contributed by atoms with Gasteiger partial charge >= 0.3 is 17.9 Å². The zero-order chi connectivity index (χ0) is 52.9. The molecule has 1 unspecified atom stereocenters. The molecule has 0 N–H and O–H groups in total. The van der Waals surface area contributed by atoms with Crippen LogP contribution in [0, 0.1) is 0 Å². The van der Waals surface area contributed by atoms with E-state index in [1.54, 1.807) is 0 Å². The minimum Gasteiger partial charge on any atom is -0.462 e. The maximum Gasteiger partial charge on any atom is 0.306 e. The van der Waals surface area contributed by atoms with E-state index in [1.165, 1.54) is 180 Å². The molecular formula is C67H118O6. The molecule has 422 valence electrons. The van der Waals surface area contributed by atoms with Crippen LogP contribution in [0.1, 0.15) is 316 Å². The van der Waals surface area contributed by atoms with Crippen molar-refractivity contribution in [3.8, 4) is 0 Å². The highest BCUT2D eigenvalue weighted by atomic mass is 16.6. The van der Waals surface area contributed by atoms with Gasteiger partial charge < -0.3 is 14.2 Å². The minimum atomic E-state index is -0.790. The Balaban J connectivity index is 4.42. The number of unbranched alkanes of at least 4 members (excludes halogenated alkanes) is 34. The van der Waals surface area contributed by atoms with Crippen LogP contribution in [0.2, 0.25) is 0 Å². The smallest absolute Gasteiger partial charge is 0.306 e. The molecule has 0 saturated carbocycles. The Bertz CT molecular complexity index is 1360. The summed E-state index contributed by atoms with van der Waals surface area (Å²) in [5.41, 5.74) is 0. The van der Waals surface area contributed by atoms with Gasteiger partial charge in [0, 0.05) is 19.3 Å². The van der Waals surface area contributed by atoms with Crippen LogP contribution < -0.4 is 0 Å². The fraction of sp³-hybridized carbons (Fsp3) is 0.776. The Kier molecular flexibility index (Phi) is 58.7. The topological polar surface area (TPSA) is 78.9 Å². The van der Waals surface area contributed by atoms with Gasteiger partial charge in [0.2, 0.25) is 0 Å². The summed E-state index contributed by atoms with van der Waals surface area (Å²) in [6.07, 6.45) is 78.9. The van der Waals surface area contributed by atoms with Crippen molar-refractivity contribution < 1.29 is 28.6 Å². The van der Waals surface area contributed by atoms with Gasteiger partial charge in [-0.05, 0) is 116 Å². The van der Waals surface area contributed by atoms with Gasteiger partial charge in [0.15, 0.2) is 6.10 Å². The van der Waals surface area contributed by atoms with Gasteiger partial charge in [-0.15, -0.1) is 0 Å². The van der Waals surface area contributed by atoms with E-state index in [-0.39, 0.29) is 31.1 Å². The van der Waals surface area contributed by atoms with Gasteiger partial charge in [0.25, 0.3) is 0 Å². The predicted molar refractivity (Wildman–Crippen MR) is 316 cm³/mol. The zero-order valence-electron chi connectivity index (χ0n) is 48.4. The van der Waals surface area contributed by atoms with Crippen LogP contribution in [0.15, 0.2) is 72.9 Å². The Morgan fingerprint density at radius 3 is 0.795 bits per heavy atom. The lowest BCUT2D eigenvalue weighted by atomic mass is 10.1. The van der Waals surface area contributed by atoms with Crippen molar-refractivity contribution in [2.45, 2.75) is 322 Å². The van der Waals surface area contributed by atoms with Crippen molar-refractivity contribution >= 4 is 17.9 Å². The number of esters is 3. The quantitative estimate of drug-likeness (QED) is 0.0261. The van der Waals surface area contributed by atoms with Crippen LogP contribution in [0.3, 0.4) is 0 Å². The van der Waals surface area contributed by atoms with Crippen molar-refractivity contribution in [2.75, 3.05) is 13.2 Å². The van der Waals surface area contributed by atoms with E-state index in [4.69, 9.17) is 14.2 Å². The average molecular weight is 1020 g/mol. The van der Waals surface area contributed by atoms with Crippen LogP contribution in [-0.4, -0.2) is 37.2 Å². The fourth-order valence-corrected chi connectivity index (χ4v) is 8.89. The molecule has 0 aliphatic heterocycles. The van der Waals surface area contributed by atoms with Gasteiger partial charge in [0.05, 0.1) is 0 Å². The Hall–Kier alpha value is -3.15. The molecule has 6 nitrogen and oxygen atoms in total. The maximum atomic E-state index is 12.9. The lowest BCUT2D eigenvalue weighted by Crippen LogP contribution is -2.30. The molecule has 1 atom stereocenters. The van der Waals surface area contributed by atoms with Crippen LogP contribution in [0.5, 0.6) is 0 Å². The summed E-state index contributed by atoms with van der Waals surface area (Å²) < 4.78 is 16.9. The van der Waals surface area contributed by atoms with Gasteiger partial charge in [-0.1, -0.05) is 254 Å². The molecule has 0 bridgehead atoms. The monoisotopic (exact) mass is 1020 g/mol. The minimum absolute atomic E-state index is 0.0864. The van der Waals surface area contributed by atoms with E-state index in [0.29, 0.717) is 19.3 Å². The first-order valence-electron chi connectivity index (χ1n) is 31.4. The first-order chi connectivity index (χ1) is 36.0. The molecule has 73 heavy (non-hydrogen) atoms. The van der Waals surface area contributed by atoms with E-state index < -0.39 is 6.10 Å². The van der Waals surface area contributed by atoms with Crippen LogP contribution in [0.25, 0.3) is 0 Å². The first-order valence-corrected chi connectivity index (χ1v) is 31.4. The Labute approximate surface area is 453 Å². The summed E-state index contributed by atoms with van der Waals surface area (Å²) in [6, 6.07) is 0. The lowest BCUT2D eigenvalue weighted by molar-refractivity contribution is -0.167. The van der Waals surface area contributed by atoms with Crippen molar-refractivity contribution in [1.82, 2.24) is 0 Å². The Morgan fingerprint density at radius 2 is 0.493 bits per heavy atom. The molecule has 6 heteroatoms. The van der Waals surface area contributed by atoms with Crippen LogP contribution in [-0.2, 0) is 28.6 Å². The molecule has 0 amide bonds. The maximum absolute atomic E-state index is 12.9. The lowest BCUT2D eigenvalue weighted by Gasteiger charge is -2.18. The van der Waals surface area contributed by atoms with E-state index in [2.05, 4.69) is 93.7 Å². The SMILES string of the molecule is CCCCCC/C=C\C/C=C\CCCCCCCCCC(=O)OC(COC(=O)CCCCCCC/C=C\CCCCCCCCC)COC(=O)CCCCCCCC/C=C\C/C=C\C/C=C\CCCCCCC. The number of hydrogen-bond acceptors (Lipinski definition) is 6. The van der Waals surface area contributed by atoms with E-state index in [1.807, 2.05) is 0 Å². The third kappa shape index (κ3) is 59.6. The van der Waals surface area contributed by atoms with Crippen molar-refractivity contribution in [3.63, 3.8) is 0 Å². The number of allylic oxidation sites excluding steroid dienone is 12. The molecule has 0 heterocycles. The van der Waals surface area contributed by atoms with Crippen molar-refractivity contribution in [3.05, 3.63) is 72.9 Å². The van der Waals surface area contributed by atoms with Crippen molar-refractivity contribution in [2.24, 2.45) is 0 Å². The average Bonchev–Trinajstić information content (AvgIpc) is 3.39. The summed E-state index contributed by atoms with van der Waals surface area (Å²) in [4.78, 5) is 38.3. The number of ether oxygens (including phenoxy) is 3. The highest BCUT2D eigenvalue weighted by Crippen LogP contribution is 2.15. The molecule has 0 rings (SSSR count). The van der Waals surface area contributed by atoms with Gasteiger partial charge in [-0.25, -0.2) is 0 Å². The third-order valence-corrected chi connectivity index (χ3v) is 13.7. The molecule has 0 aromatic carbocycles. The fourth-order valence-electron chi connectivity index (χ4n) is 8.89. The molecule has 0 spiro atoms. The highest BCUT2D eigenvalue weighted by Gasteiger charge is 2.19. The normalized spacial score (nSPS) is 12.5. The summed E-state index contributed by atoms with van der Waals surface area (Å²) in [6.45, 7) is 6.62. The summed E-state index contributed by atoms with van der Waals surface area (Å²) >= 11 is 0. The van der Waals surface area contributed by atoms with Crippen LogP contribution in [0.4, 0.5) is 0 Å². The first kappa shape index (κ1) is 69.8. The second kappa shape index (κ2) is 61.4. The summed E-state index contributed by atoms with van der Waals surface area (Å²) in [5, 5.41) is 0. The number of hydrogen-bond donors (Lipinski definition) is 0. The Morgan fingerprint density at radius 1 is 0.274 bits per heavy atom. The van der Waals surface area contributed by atoms with E-state index in [9.17, 15) is 14.4 Å². The molecule has 0 aromatic heterocycles. The van der Waals surface area contributed by atoms with E-state index >= 15 is 0 Å². The number of rotatable bonds is 57. The molecule has 0 aliphatic rings. The number of carbonyl (C=O) groups excluding carboxylic acids is 3. The third-order valence-electron chi connectivity index (χ3n) is 13.7. The molecule has 0 saturated heterocycles. The van der Waals surface area contributed by atoms with Crippen molar-refractivity contribution in [1.29, 1.82) is 0 Å². The second-order valence-electron chi connectivity index (χ2n) is 21.0.